The highest BCUT2D eigenvalue weighted by molar-refractivity contribution is 7.89. The van der Waals surface area contributed by atoms with Crippen LogP contribution in [0.1, 0.15) is 48.4 Å². The van der Waals surface area contributed by atoms with E-state index in [-0.39, 0.29) is 12.2 Å². The minimum absolute atomic E-state index is 0.278. The Hall–Kier alpha value is -4.18. The van der Waals surface area contributed by atoms with Crippen molar-refractivity contribution in [2.45, 2.75) is 39.7 Å². The fourth-order valence-corrected chi connectivity index (χ4v) is 4.81. The van der Waals surface area contributed by atoms with E-state index in [2.05, 4.69) is 16.8 Å². The lowest BCUT2D eigenvalue weighted by atomic mass is 9.98. The van der Waals surface area contributed by atoms with Gasteiger partial charge in [-0.2, -0.15) is 0 Å². The Bertz CT molecular complexity index is 1590. The average molecular weight is 549 g/mol. The number of benzene rings is 3. The summed E-state index contributed by atoms with van der Waals surface area (Å²) in [5.41, 5.74) is 5.11. The molecule has 1 heterocycles. The maximum absolute atomic E-state index is 12.6. The van der Waals surface area contributed by atoms with Crippen LogP contribution in [0, 0.1) is 0 Å². The van der Waals surface area contributed by atoms with Crippen molar-refractivity contribution >= 4 is 38.7 Å². The number of aromatic nitrogens is 2. The van der Waals surface area contributed by atoms with Gasteiger partial charge in [0, 0.05) is 24.2 Å². The quantitative estimate of drug-likeness (QED) is 0.276. The van der Waals surface area contributed by atoms with Crippen molar-refractivity contribution < 1.29 is 22.7 Å². The Morgan fingerprint density at radius 1 is 1.00 bits per heavy atom. The third-order valence-electron chi connectivity index (χ3n) is 6.16. The molecule has 0 saturated heterocycles. The second-order valence-electron chi connectivity index (χ2n) is 9.21. The Labute approximate surface area is 228 Å². The minimum Gasteiger partial charge on any atom is -0.450 e. The number of hydrogen-bond donors (Lipinski definition) is 2. The molecule has 1 aromatic heterocycles. The van der Waals surface area contributed by atoms with Crippen molar-refractivity contribution in [1.82, 2.24) is 14.3 Å². The first-order chi connectivity index (χ1) is 18.7. The molecule has 0 spiro atoms. The number of ether oxygens (including phenoxy) is 1. The summed E-state index contributed by atoms with van der Waals surface area (Å²) in [6.07, 6.45) is 3.32. The molecule has 2 N–H and O–H groups in total. The number of hydrogen-bond acceptors (Lipinski definition) is 6. The van der Waals surface area contributed by atoms with E-state index in [1.165, 1.54) is 0 Å². The van der Waals surface area contributed by atoms with Crippen LogP contribution in [0.2, 0.25) is 0 Å². The normalized spacial score (nSPS) is 11.4. The largest absolute Gasteiger partial charge is 0.450 e. The van der Waals surface area contributed by atoms with Gasteiger partial charge in [-0.05, 0) is 54.3 Å². The first-order valence-corrected chi connectivity index (χ1v) is 14.7. The third kappa shape index (κ3) is 7.02. The van der Waals surface area contributed by atoms with Crippen molar-refractivity contribution in [1.29, 1.82) is 0 Å². The molecule has 4 aromatic rings. The van der Waals surface area contributed by atoms with Crippen LogP contribution in [0.5, 0.6) is 0 Å². The molecule has 0 bridgehead atoms. The molecule has 2 amide bonds. The van der Waals surface area contributed by atoms with Crippen LogP contribution in [0.3, 0.4) is 0 Å². The molecule has 0 fully saturated rings. The number of unbranched alkanes of at least 4 members (excludes halogenated alkanes) is 1. The number of nitrogens with zero attached hydrogens (tertiary/aromatic N) is 2. The number of sulfonamides is 1. The Morgan fingerprint density at radius 2 is 1.74 bits per heavy atom. The highest BCUT2D eigenvalue weighted by Gasteiger charge is 2.17. The van der Waals surface area contributed by atoms with Gasteiger partial charge >= 0.3 is 6.09 Å². The van der Waals surface area contributed by atoms with E-state index in [1.54, 1.807) is 31.2 Å². The first kappa shape index (κ1) is 27.8. The lowest BCUT2D eigenvalue weighted by molar-refractivity contribution is 0.0982. The molecule has 9 nitrogen and oxygen atoms in total. The minimum atomic E-state index is -3.69. The summed E-state index contributed by atoms with van der Waals surface area (Å²) in [4.78, 5) is 29.4. The molecule has 3 aromatic carbocycles. The van der Waals surface area contributed by atoms with Gasteiger partial charge < -0.3 is 9.30 Å². The zero-order valence-corrected chi connectivity index (χ0v) is 23.0. The molecule has 0 unspecified atom stereocenters. The topological polar surface area (TPSA) is 119 Å². The Balaban J connectivity index is 1.65. The van der Waals surface area contributed by atoms with E-state index in [9.17, 15) is 18.0 Å². The maximum atomic E-state index is 12.6. The van der Waals surface area contributed by atoms with Gasteiger partial charge in [-0.15, -0.1) is 0 Å². The van der Waals surface area contributed by atoms with Gasteiger partial charge in [-0.3, -0.25) is 10.1 Å². The van der Waals surface area contributed by atoms with Crippen LogP contribution in [0.25, 0.3) is 22.2 Å². The maximum Gasteiger partial charge on any atom is 0.411 e. The predicted molar refractivity (Wildman–Crippen MR) is 152 cm³/mol. The molecule has 0 aliphatic carbocycles. The number of rotatable bonds is 10. The molecule has 204 valence electrons. The van der Waals surface area contributed by atoms with Gasteiger partial charge in [0.15, 0.2) is 0 Å². The molecule has 39 heavy (non-hydrogen) atoms. The van der Waals surface area contributed by atoms with E-state index in [1.807, 2.05) is 47.2 Å². The van der Waals surface area contributed by atoms with Gasteiger partial charge in [0.05, 0.1) is 23.9 Å². The number of anilines is 1. The van der Waals surface area contributed by atoms with Gasteiger partial charge in [0.1, 0.15) is 5.82 Å². The highest BCUT2D eigenvalue weighted by atomic mass is 32.2. The Kier molecular flexibility index (Phi) is 8.65. The van der Waals surface area contributed by atoms with Crippen molar-refractivity contribution in [3.8, 4) is 11.1 Å². The second kappa shape index (κ2) is 12.1. The van der Waals surface area contributed by atoms with Crippen LogP contribution in [-0.4, -0.2) is 42.8 Å². The number of carbonyl (C=O) groups excluding carboxylic acids is 2. The Morgan fingerprint density at radius 3 is 2.44 bits per heavy atom. The van der Waals surface area contributed by atoms with E-state index in [0.717, 1.165) is 53.5 Å². The second-order valence-corrected chi connectivity index (χ2v) is 11.0. The van der Waals surface area contributed by atoms with Gasteiger partial charge in [0.25, 0.3) is 5.91 Å². The van der Waals surface area contributed by atoms with Crippen LogP contribution < -0.4 is 10.0 Å². The zero-order valence-electron chi connectivity index (χ0n) is 22.2. The number of nitrogens with one attached hydrogen (secondary N) is 2. The molecule has 0 radical (unpaired) electrons. The summed E-state index contributed by atoms with van der Waals surface area (Å²) >= 11 is 0. The molecule has 10 heteroatoms. The summed E-state index contributed by atoms with van der Waals surface area (Å²) in [5, 5.41) is 2.76. The molecular formula is C29H32N4O5S. The average Bonchev–Trinajstić information content (AvgIpc) is 3.23. The van der Waals surface area contributed by atoms with Crippen molar-refractivity contribution in [3.05, 3.63) is 83.7 Å². The molecule has 4 rings (SSSR count). The van der Waals surface area contributed by atoms with Crippen molar-refractivity contribution in [3.63, 3.8) is 0 Å². The van der Waals surface area contributed by atoms with Crippen LogP contribution in [0.4, 0.5) is 10.5 Å². The molecular weight excluding hydrogens is 516 g/mol. The van der Waals surface area contributed by atoms with Gasteiger partial charge in [-0.1, -0.05) is 55.8 Å². The zero-order chi connectivity index (χ0) is 28.0. The fraction of sp³-hybridized carbons (Fsp3) is 0.276. The number of imidazole rings is 1. The monoisotopic (exact) mass is 548 g/mol. The summed E-state index contributed by atoms with van der Waals surface area (Å²) in [5.74, 6) is 0.293. The molecule has 0 aliphatic heterocycles. The smallest absolute Gasteiger partial charge is 0.411 e. The summed E-state index contributed by atoms with van der Waals surface area (Å²) < 4.78 is 32.4. The lowest BCUT2D eigenvalue weighted by Crippen LogP contribution is -2.29. The van der Waals surface area contributed by atoms with Gasteiger partial charge in [0.2, 0.25) is 10.0 Å². The third-order valence-corrected chi connectivity index (χ3v) is 6.71. The highest BCUT2D eigenvalue weighted by Crippen LogP contribution is 2.27. The predicted octanol–water partition coefficient (Wildman–Crippen LogP) is 5.35. The van der Waals surface area contributed by atoms with Gasteiger partial charge in [-0.25, -0.2) is 22.9 Å². The summed E-state index contributed by atoms with van der Waals surface area (Å²) in [6, 6.07) is 20.3. The van der Waals surface area contributed by atoms with Crippen LogP contribution in [0.15, 0.2) is 66.7 Å². The molecule has 0 atom stereocenters. The van der Waals surface area contributed by atoms with E-state index >= 15 is 0 Å². The van der Waals surface area contributed by atoms with Crippen molar-refractivity contribution in [2.24, 2.45) is 0 Å². The van der Waals surface area contributed by atoms with E-state index < -0.39 is 22.0 Å². The van der Waals surface area contributed by atoms with E-state index in [0.29, 0.717) is 17.8 Å². The lowest BCUT2D eigenvalue weighted by Gasteiger charge is -2.12. The van der Waals surface area contributed by atoms with E-state index in [4.69, 9.17) is 9.72 Å². The molecule has 0 saturated carbocycles. The van der Waals surface area contributed by atoms with Crippen molar-refractivity contribution in [2.75, 3.05) is 18.2 Å². The number of aryl methyl sites for hydroxylation is 1. The SMILES string of the molecule is CCCCc1nc2ccc(NC(=O)OCC)cc2n1Cc1ccc(-c2ccccc2C(=O)NS(C)(=O)=O)cc1. The standard InChI is InChI=1S/C29H32N4O5S/c1-4-6-11-27-31-25-17-16-22(30-29(35)38-5-2)18-26(25)33(27)19-20-12-14-21(15-13-20)23-9-7-8-10-24(23)28(34)32-39(3,36)37/h7-10,12-18H,4-6,11,19H2,1-3H3,(H,30,35)(H,32,34). The number of amides is 2. The summed E-state index contributed by atoms with van der Waals surface area (Å²) in [7, 11) is -3.69. The molecule has 0 aliphatic rings. The summed E-state index contributed by atoms with van der Waals surface area (Å²) in [6.45, 7) is 4.75. The number of fused-ring (bicyclic) bond motifs is 1. The van der Waals surface area contributed by atoms with Crippen LogP contribution in [-0.2, 0) is 27.7 Å². The fourth-order valence-electron chi connectivity index (χ4n) is 4.37. The number of carbonyl (C=O) groups is 2. The van der Waals surface area contributed by atoms with Crippen LogP contribution >= 0.6 is 0 Å². The first-order valence-electron chi connectivity index (χ1n) is 12.8.